The first-order chi connectivity index (χ1) is 8.45. The number of hydrogen-bond acceptors (Lipinski definition) is 4. The number of aromatic nitrogens is 2. The number of carbonyl (C=O) groups excluding carboxylic acids is 1. The molecule has 1 aromatic rings. The molecule has 0 aliphatic heterocycles. The van der Waals surface area contributed by atoms with Crippen LogP contribution in [0.25, 0.3) is 0 Å². The zero-order valence-electron chi connectivity index (χ0n) is 10.7. The van der Waals surface area contributed by atoms with Crippen LogP contribution in [-0.2, 0) is 0 Å². The first-order valence-electron chi connectivity index (χ1n) is 5.81. The van der Waals surface area contributed by atoms with Gasteiger partial charge in [0.05, 0.1) is 12.4 Å². The molecule has 1 aromatic heterocycles. The Balaban J connectivity index is 2.70. The summed E-state index contributed by atoms with van der Waals surface area (Å²) >= 11 is 0. The molecular weight excluding hydrogens is 234 g/mol. The fraction of sp³-hybridized carbons (Fsp3) is 0.500. The summed E-state index contributed by atoms with van der Waals surface area (Å²) in [5.41, 5.74) is -0.0586. The van der Waals surface area contributed by atoms with E-state index >= 15 is 0 Å². The molecule has 18 heavy (non-hydrogen) atoms. The summed E-state index contributed by atoms with van der Waals surface area (Å²) < 4.78 is 0. The molecule has 0 aliphatic rings. The lowest BCUT2D eigenvalue weighted by Gasteiger charge is -2.19. The SMILES string of the molecule is CCC(C)C(C)NC(=O)c1cnc(C(=O)O)cn1. The van der Waals surface area contributed by atoms with E-state index in [-0.39, 0.29) is 23.3 Å². The smallest absolute Gasteiger partial charge is 0.356 e. The molecule has 2 atom stereocenters. The molecule has 0 fully saturated rings. The van der Waals surface area contributed by atoms with Gasteiger partial charge < -0.3 is 10.4 Å². The summed E-state index contributed by atoms with van der Waals surface area (Å²) in [5, 5.41) is 11.5. The Labute approximate surface area is 105 Å². The van der Waals surface area contributed by atoms with Gasteiger partial charge in [0, 0.05) is 6.04 Å². The van der Waals surface area contributed by atoms with E-state index in [1.54, 1.807) is 0 Å². The normalized spacial score (nSPS) is 13.7. The molecule has 98 valence electrons. The lowest BCUT2D eigenvalue weighted by Crippen LogP contribution is -2.37. The lowest BCUT2D eigenvalue weighted by atomic mass is 10.0. The molecule has 0 radical (unpaired) electrons. The number of hydrogen-bond donors (Lipinski definition) is 2. The first kappa shape index (κ1) is 14.1. The van der Waals surface area contributed by atoms with Crippen LogP contribution >= 0.6 is 0 Å². The molecule has 2 unspecified atom stereocenters. The number of rotatable bonds is 5. The van der Waals surface area contributed by atoms with Crippen LogP contribution in [0.3, 0.4) is 0 Å². The van der Waals surface area contributed by atoms with Crippen molar-refractivity contribution in [1.29, 1.82) is 0 Å². The molecule has 0 bridgehead atoms. The van der Waals surface area contributed by atoms with Crippen molar-refractivity contribution in [3.05, 3.63) is 23.8 Å². The second-order valence-corrected chi connectivity index (χ2v) is 4.24. The predicted molar refractivity (Wildman–Crippen MR) is 65.4 cm³/mol. The maximum atomic E-state index is 11.8. The van der Waals surface area contributed by atoms with E-state index in [2.05, 4.69) is 22.2 Å². The van der Waals surface area contributed by atoms with Crippen LogP contribution in [0.4, 0.5) is 0 Å². The quantitative estimate of drug-likeness (QED) is 0.823. The van der Waals surface area contributed by atoms with Gasteiger partial charge in [-0.05, 0) is 12.8 Å². The van der Waals surface area contributed by atoms with Gasteiger partial charge >= 0.3 is 5.97 Å². The van der Waals surface area contributed by atoms with Crippen molar-refractivity contribution in [1.82, 2.24) is 15.3 Å². The molecule has 6 nitrogen and oxygen atoms in total. The second-order valence-electron chi connectivity index (χ2n) is 4.24. The fourth-order valence-corrected chi connectivity index (χ4v) is 1.33. The van der Waals surface area contributed by atoms with Gasteiger partial charge in [-0.25, -0.2) is 14.8 Å². The average molecular weight is 251 g/mol. The molecule has 2 N–H and O–H groups in total. The first-order valence-corrected chi connectivity index (χ1v) is 5.81. The summed E-state index contributed by atoms with van der Waals surface area (Å²) in [5.74, 6) is -1.14. The standard InChI is InChI=1S/C12H17N3O3/c1-4-7(2)8(3)15-11(16)9-5-14-10(6-13-9)12(17)18/h5-8H,4H2,1-3H3,(H,15,16)(H,17,18). The molecule has 0 aromatic carbocycles. The van der Waals surface area contributed by atoms with Gasteiger partial charge in [-0.3, -0.25) is 4.79 Å². The molecule has 1 amide bonds. The van der Waals surface area contributed by atoms with Gasteiger partial charge in [-0.2, -0.15) is 0 Å². The monoisotopic (exact) mass is 251 g/mol. The number of aromatic carboxylic acids is 1. The summed E-state index contributed by atoms with van der Waals surface area (Å²) in [6.07, 6.45) is 3.21. The minimum Gasteiger partial charge on any atom is -0.476 e. The van der Waals surface area contributed by atoms with Crippen LogP contribution in [0.5, 0.6) is 0 Å². The highest BCUT2D eigenvalue weighted by Crippen LogP contribution is 2.07. The fourth-order valence-electron chi connectivity index (χ4n) is 1.33. The van der Waals surface area contributed by atoms with E-state index in [1.807, 2.05) is 13.8 Å². The second kappa shape index (κ2) is 6.09. The molecule has 0 saturated heterocycles. The molecule has 6 heteroatoms. The number of carbonyl (C=O) groups is 2. The minimum atomic E-state index is -1.16. The lowest BCUT2D eigenvalue weighted by molar-refractivity contribution is 0.0688. The maximum absolute atomic E-state index is 11.8. The third kappa shape index (κ3) is 3.51. The highest BCUT2D eigenvalue weighted by Gasteiger charge is 2.16. The van der Waals surface area contributed by atoms with Gasteiger partial charge in [-0.1, -0.05) is 20.3 Å². The number of nitrogens with zero attached hydrogens (tertiary/aromatic N) is 2. The van der Waals surface area contributed by atoms with E-state index in [0.29, 0.717) is 5.92 Å². The molecule has 1 heterocycles. The van der Waals surface area contributed by atoms with Crippen molar-refractivity contribution < 1.29 is 14.7 Å². The number of amides is 1. The summed E-state index contributed by atoms with van der Waals surface area (Å²) in [4.78, 5) is 29.8. The maximum Gasteiger partial charge on any atom is 0.356 e. The van der Waals surface area contributed by atoms with Crippen molar-refractivity contribution in [3.8, 4) is 0 Å². The Morgan fingerprint density at radius 1 is 1.28 bits per heavy atom. The largest absolute Gasteiger partial charge is 0.476 e. The zero-order valence-corrected chi connectivity index (χ0v) is 10.7. The Morgan fingerprint density at radius 3 is 2.28 bits per heavy atom. The van der Waals surface area contributed by atoms with E-state index in [9.17, 15) is 9.59 Å². The Hall–Kier alpha value is -1.98. The highest BCUT2D eigenvalue weighted by atomic mass is 16.4. The molecule has 0 aliphatic carbocycles. The van der Waals surface area contributed by atoms with Gasteiger partial charge in [-0.15, -0.1) is 0 Å². The van der Waals surface area contributed by atoms with Crippen LogP contribution in [0.2, 0.25) is 0 Å². The van der Waals surface area contributed by atoms with Gasteiger partial charge in [0.1, 0.15) is 5.69 Å². The van der Waals surface area contributed by atoms with Crippen LogP contribution < -0.4 is 5.32 Å². The summed E-state index contributed by atoms with van der Waals surface area (Å²) in [6.45, 7) is 6.02. The number of carboxylic acid groups (broad SMARTS) is 1. The minimum absolute atomic E-state index is 0.0310. The Bertz CT molecular complexity index is 431. The van der Waals surface area contributed by atoms with Crippen LogP contribution in [0.15, 0.2) is 12.4 Å². The van der Waals surface area contributed by atoms with Crippen molar-refractivity contribution in [3.63, 3.8) is 0 Å². The third-order valence-corrected chi connectivity index (χ3v) is 2.96. The predicted octanol–water partition coefficient (Wildman–Crippen LogP) is 1.34. The van der Waals surface area contributed by atoms with Gasteiger partial charge in [0.15, 0.2) is 5.69 Å². The zero-order chi connectivity index (χ0) is 13.7. The Kier molecular flexibility index (Phi) is 4.76. The van der Waals surface area contributed by atoms with Crippen molar-refractivity contribution in [2.45, 2.75) is 33.2 Å². The number of nitrogens with one attached hydrogen (secondary N) is 1. The molecule has 0 spiro atoms. The van der Waals surface area contributed by atoms with E-state index in [4.69, 9.17) is 5.11 Å². The average Bonchev–Trinajstić information content (AvgIpc) is 2.37. The van der Waals surface area contributed by atoms with Gasteiger partial charge in [0.2, 0.25) is 0 Å². The number of carboxylic acids is 1. The van der Waals surface area contributed by atoms with Crippen molar-refractivity contribution in [2.24, 2.45) is 5.92 Å². The third-order valence-electron chi connectivity index (χ3n) is 2.96. The molecule has 0 saturated carbocycles. The molecular formula is C12H17N3O3. The summed E-state index contributed by atoms with van der Waals surface area (Å²) in [6, 6.07) is 0.0310. The topological polar surface area (TPSA) is 92.2 Å². The van der Waals surface area contributed by atoms with Gasteiger partial charge in [0.25, 0.3) is 5.91 Å². The van der Waals surface area contributed by atoms with Crippen LogP contribution in [-0.4, -0.2) is 33.0 Å². The highest BCUT2D eigenvalue weighted by molar-refractivity contribution is 5.92. The van der Waals surface area contributed by atoms with Crippen LogP contribution in [0, 0.1) is 5.92 Å². The van der Waals surface area contributed by atoms with E-state index in [1.165, 1.54) is 6.20 Å². The summed E-state index contributed by atoms with van der Waals surface area (Å²) in [7, 11) is 0. The van der Waals surface area contributed by atoms with E-state index < -0.39 is 5.97 Å². The van der Waals surface area contributed by atoms with Crippen molar-refractivity contribution in [2.75, 3.05) is 0 Å². The van der Waals surface area contributed by atoms with Crippen LogP contribution in [0.1, 0.15) is 48.2 Å². The van der Waals surface area contributed by atoms with Crippen molar-refractivity contribution >= 4 is 11.9 Å². The Morgan fingerprint density at radius 2 is 1.83 bits per heavy atom. The molecule has 1 rings (SSSR count). The van der Waals surface area contributed by atoms with E-state index in [0.717, 1.165) is 12.6 Å².